The Morgan fingerprint density at radius 1 is 1.24 bits per heavy atom. The lowest BCUT2D eigenvalue weighted by Crippen LogP contribution is -2.10. The lowest BCUT2D eigenvalue weighted by molar-refractivity contribution is 0.0995. The minimum Gasteiger partial charge on any atom is -0.456 e. The monoisotopic (exact) mass is 281 g/mol. The molecule has 1 amide bonds. The van der Waals surface area contributed by atoms with Gasteiger partial charge in [0.2, 0.25) is 0 Å². The van der Waals surface area contributed by atoms with Gasteiger partial charge in [0.05, 0.1) is 18.4 Å². The van der Waals surface area contributed by atoms with Crippen molar-refractivity contribution in [2.75, 3.05) is 5.32 Å². The largest absolute Gasteiger partial charge is 0.456 e. The summed E-state index contributed by atoms with van der Waals surface area (Å²) >= 11 is 0. The van der Waals surface area contributed by atoms with E-state index in [9.17, 15) is 4.79 Å². The van der Waals surface area contributed by atoms with E-state index in [2.05, 4.69) is 10.4 Å². The third-order valence-corrected chi connectivity index (χ3v) is 3.04. The van der Waals surface area contributed by atoms with E-state index in [1.165, 1.54) is 0 Å². The van der Waals surface area contributed by atoms with Crippen molar-refractivity contribution in [3.05, 3.63) is 71.9 Å². The quantitative estimate of drug-likeness (QED) is 0.799. The average Bonchev–Trinajstić information content (AvgIpc) is 3.09. The number of nitrogens with zero attached hydrogens (tertiary/aromatic N) is 2. The van der Waals surface area contributed by atoms with Gasteiger partial charge in [-0.2, -0.15) is 5.10 Å². The van der Waals surface area contributed by atoms with Crippen LogP contribution in [0.4, 0.5) is 5.69 Å². The number of aryl methyl sites for hydroxylation is 1. The van der Waals surface area contributed by atoms with Crippen molar-refractivity contribution in [3.8, 4) is 0 Å². The summed E-state index contributed by atoms with van der Waals surface area (Å²) in [4.78, 5) is 12.0. The zero-order chi connectivity index (χ0) is 14.7. The van der Waals surface area contributed by atoms with Crippen molar-refractivity contribution in [1.82, 2.24) is 9.78 Å². The molecule has 3 aromatic rings. The third-order valence-electron chi connectivity index (χ3n) is 3.04. The highest BCUT2D eigenvalue weighted by molar-refractivity contribution is 6.02. The van der Waals surface area contributed by atoms with Gasteiger partial charge in [0, 0.05) is 6.20 Å². The van der Waals surface area contributed by atoms with Crippen LogP contribution in [0.5, 0.6) is 0 Å². The number of amides is 1. The van der Waals surface area contributed by atoms with Crippen LogP contribution in [0.2, 0.25) is 0 Å². The molecule has 0 spiro atoms. The van der Waals surface area contributed by atoms with Gasteiger partial charge in [-0.3, -0.25) is 9.48 Å². The first-order valence-corrected chi connectivity index (χ1v) is 6.65. The molecule has 2 aromatic heterocycles. The highest BCUT2D eigenvalue weighted by atomic mass is 16.3. The molecule has 21 heavy (non-hydrogen) atoms. The van der Waals surface area contributed by atoms with Crippen LogP contribution in [0, 0.1) is 6.92 Å². The Labute approximate surface area is 122 Å². The topological polar surface area (TPSA) is 60.1 Å². The van der Waals surface area contributed by atoms with E-state index in [1.807, 2.05) is 30.3 Å². The van der Waals surface area contributed by atoms with E-state index in [1.54, 1.807) is 36.1 Å². The maximum absolute atomic E-state index is 12.0. The standard InChI is InChI=1S/C16H15N3O2/c1-12-7-8-15(21-12)16(20)18-14-9-17-19(11-14)10-13-5-3-2-4-6-13/h2-9,11H,10H2,1H3,(H,18,20). The van der Waals surface area contributed by atoms with Crippen LogP contribution in [0.15, 0.2) is 59.3 Å². The summed E-state index contributed by atoms with van der Waals surface area (Å²) in [6, 6.07) is 13.4. The smallest absolute Gasteiger partial charge is 0.291 e. The molecule has 0 bridgehead atoms. The van der Waals surface area contributed by atoms with Crippen molar-refractivity contribution in [2.45, 2.75) is 13.5 Å². The van der Waals surface area contributed by atoms with Crippen LogP contribution in [0.3, 0.4) is 0 Å². The van der Waals surface area contributed by atoms with Gasteiger partial charge in [-0.15, -0.1) is 0 Å². The molecule has 1 N–H and O–H groups in total. The Kier molecular flexibility index (Phi) is 3.55. The number of rotatable bonds is 4. The average molecular weight is 281 g/mol. The van der Waals surface area contributed by atoms with E-state index in [-0.39, 0.29) is 5.91 Å². The summed E-state index contributed by atoms with van der Waals surface area (Å²) in [5.74, 6) is 0.727. The molecule has 0 saturated heterocycles. The molecule has 0 saturated carbocycles. The molecule has 5 nitrogen and oxygen atoms in total. The molecule has 0 fully saturated rings. The van der Waals surface area contributed by atoms with Crippen LogP contribution in [0.25, 0.3) is 0 Å². The van der Waals surface area contributed by atoms with Crippen LogP contribution in [0.1, 0.15) is 21.9 Å². The molecule has 0 aliphatic carbocycles. The van der Waals surface area contributed by atoms with Crippen molar-refractivity contribution in [3.63, 3.8) is 0 Å². The van der Waals surface area contributed by atoms with Crippen LogP contribution in [-0.2, 0) is 6.54 Å². The number of aromatic nitrogens is 2. The first-order chi connectivity index (χ1) is 10.2. The Morgan fingerprint density at radius 2 is 2.05 bits per heavy atom. The Morgan fingerprint density at radius 3 is 2.76 bits per heavy atom. The molecular weight excluding hydrogens is 266 g/mol. The summed E-state index contributed by atoms with van der Waals surface area (Å²) in [7, 11) is 0. The number of hydrogen-bond donors (Lipinski definition) is 1. The molecule has 0 radical (unpaired) electrons. The van der Waals surface area contributed by atoms with E-state index in [0.717, 1.165) is 5.56 Å². The number of benzene rings is 1. The molecule has 1 aromatic carbocycles. The van der Waals surface area contributed by atoms with Crippen molar-refractivity contribution >= 4 is 11.6 Å². The maximum Gasteiger partial charge on any atom is 0.291 e. The Hall–Kier alpha value is -2.82. The number of hydrogen-bond acceptors (Lipinski definition) is 3. The van der Waals surface area contributed by atoms with Gasteiger partial charge in [0.15, 0.2) is 5.76 Å². The Bertz CT molecular complexity index is 744. The van der Waals surface area contributed by atoms with Gasteiger partial charge in [-0.25, -0.2) is 0 Å². The van der Waals surface area contributed by atoms with Crippen LogP contribution >= 0.6 is 0 Å². The molecule has 5 heteroatoms. The SMILES string of the molecule is Cc1ccc(C(=O)Nc2cnn(Cc3ccccc3)c2)o1. The van der Waals surface area contributed by atoms with Crippen LogP contribution < -0.4 is 5.32 Å². The molecule has 0 unspecified atom stereocenters. The van der Waals surface area contributed by atoms with Gasteiger partial charge in [0.25, 0.3) is 5.91 Å². The molecule has 106 valence electrons. The zero-order valence-corrected chi connectivity index (χ0v) is 11.6. The number of furan rings is 1. The first-order valence-electron chi connectivity index (χ1n) is 6.65. The highest BCUT2D eigenvalue weighted by Gasteiger charge is 2.11. The highest BCUT2D eigenvalue weighted by Crippen LogP contribution is 2.12. The van der Waals surface area contributed by atoms with Crippen molar-refractivity contribution < 1.29 is 9.21 Å². The van der Waals surface area contributed by atoms with E-state index in [0.29, 0.717) is 23.8 Å². The second kappa shape index (κ2) is 5.66. The van der Waals surface area contributed by atoms with Gasteiger partial charge in [-0.1, -0.05) is 30.3 Å². The summed E-state index contributed by atoms with van der Waals surface area (Å²) in [6.07, 6.45) is 3.41. The fraction of sp³-hybridized carbons (Fsp3) is 0.125. The van der Waals surface area contributed by atoms with Gasteiger partial charge >= 0.3 is 0 Å². The molecule has 0 aliphatic rings. The fourth-order valence-electron chi connectivity index (χ4n) is 2.03. The minimum atomic E-state index is -0.276. The molecular formula is C16H15N3O2. The van der Waals surface area contributed by atoms with Gasteiger partial charge in [-0.05, 0) is 24.6 Å². The minimum absolute atomic E-state index is 0.276. The predicted molar refractivity (Wildman–Crippen MR) is 79.2 cm³/mol. The van der Waals surface area contributed by atoms with Crippen molar-refractivity contribution in [1.29, 1.82) is 0 Å². The maximum atomic E-state index is 12.0. The van der Waals surface area contributed by atoms with Crippen molar-refractivity contribution in [2.24, 2.45) is 0 Å². The van der Waals surface area contributed by atoms with Gasteiger partial charge in [0.1, 0.15) is 5.76 Å². The third kappa shape index (κ3) is 3.20. The first kappa shape index (κ1) is 13.2. The number of anilines is 1. The number of nitrogens with one attached hydrogen (secondary N) is 1. The lowest BCUT2D eigenvalue weighted by atomic mass is 10.2. The van der Waals surface area contributed by atoms with E-state index >= 15 is 0 Å². The van der Waals surface area contributed by atoms with E-state index < -0.39 is 0 Å². The summed E-state index contributed by atoms with van der Waals surface area (Å²) < 4.78 is 7.06. The van der Waals surface area contributed by atoms with E-state index in [4.69, 9.17) is 4.42 Å². The summed E-state index contributed by atoms with van der Waals surface area (Å²) in [5, 5.41) is 7.00. The van der Waals surface area contributed by atoms with Crippen LogP contribution in [-0.4, -0.2) is 15.7 Å². The van der Waals surface area contributed by atoms with Gasteiger partial charge < -0.3 is 9.73 Å². The molecule has 2 heterocycles. The number of carbonyl (C=O) groups is 1. The molecule has 3 rings (SSSR count). The fourth-order valence-corrected chi connectivity index (χ4v) is 2.03. The predicted octanol–water partition coefficient (Wildman–Crippen LogP) is 3.09. The number of carbonyl (C=O) groups excluding carboxylic acids is 1. The second-order valence-electron chi connectivity index (χ2n) is 4.78. The second-order valence-corrected chi connectivity index (χ2v) is 4.78. The molecule has 0 atom stereocenters. The summed E-state index contributed by atoms with van der Waals surface area (Å²) in [6.45, 7) is 2.46. The molecule has 0 aliphatic heterocycles. The normalized spacial score (nSPS) is 10.5. The summed E-state index contributed by atoms with van der Waals surface area (Å²) in [5.41, 5.74) is 1.80. The lowest BCUT2D eigenvalue weighted by Gasteiger charge is -2.01. The zero-order valence-electron chi connectivity index (χ0n) is 11.6. The Balaban J connectivity index is 1.66.